The van der Waals surface area contributed by atoms with Crippen LogP contribution in [0.3, 0.4) is 0 Å². The molecule has 1 aromatic carbocycles. The summed E-state index contributed by atoms with van der Waals surface area (Å²) in [5.41, 5.74) is 5.56. The fourth-order valence-corrected chi connectivity index (χ4v) is 2.69. The lowest BCUT2D eigenvalue weighted by molar-refractivity contribution is -0.0540. The van der Waals surface area contributed by atoms with Gasteiger partial charge in [0.1, 0.15) is 0 Å². The van der Waals surface area contributed by atoms with E-state index in [2.05, 4.69) is 5.32 Å². The summed E-state index contributed by atoms with van der Waals surface area (Å²) in [6.07, 6.45) is 0.614. The molecule has 0 bridgehead atoms. The standard InChI is InChI=1S/C14H18F2N2O/c15-14(16)8-6-13(7-9-14,18-12(17)19)10-11-4-2-1-3-5-11/h1-5H,6-10H2,(H3,17,18,19). The highest BCUT2D eigenvalue weighted by atomic mass is 19.3. The first-order chi connectivity index (χ1) is 8.91. The second-order valence-corrected chi connectivity index (χ2v) is 5.29. The van der Waals surface area contributed by atoms with Gasteiger partial charge in [0.05, 0.1) is 0 Å². The molecule has 0 spiro atoms. The molecule has 1 saturated carbocycles. The summed E-state index contributed by atoms with van der Waals surface area (Å²) in [6.45, 7) is 0. The van der Waals surface area contributed by atoms with Gasteiger partial charge < -0.3 is 11.1 Å². The van der Waals surface area contributed by atoms with Crippen molar-refractivity contribution in [3.63, 3.8) is 0 Å². The molecule has 0 unspecified atom stereocenters. The first-order valence-corrected chi connectivity index (χ1v) is 6.40. The zero-order valence-corrected chi connectivity index (χ0v) is 10.7. The summed E-state index contributed by atoms with van der Waals surface area (Å²) in [6, 6.07) is 8.89. The number of carbonyl (C=O) groups is 1. The van der Waals surface area contributed by atoms with Crippen LogP contribution in [0.25, 0.3) is 0 Å². The number of amides is 2. The van der Waals surface area contributed by atoms with E-state index in [1.54, 1.807) is 0 Å². The minimum atomic E-state index is -2.63. The van der Waals surface area contributed by atoms with E-state index >= 15 is 0 Å². The molecule has 0 saturated heterocycles. The number of urea groups is 1. The van der Waals surface area contributed by atoms with Gasteiger partial charge in [-0.3, -0.25) is 0 Å². The molecule has 2 rings (SSSR count). The van der Waals surface area contributed by atoms with Crippen molar-refractivity contribution >= 4 is 6.03 Å². The van der Waals surface area contributed by atoms with Crippen molar-refractivity contribution in [2.24, 2.45) is 5.73 Å². The Morgan fingerprint density at radius 1 is 1.16 bits per heavy atom. The minimum Gasteiger partial charge on any atom is -0.352 e. The normalized spacial score (nSPS) is 20.7. The number of nitrogens with two attached hydrogens (primary N) is 1. The van der Waals surface area contributed by atoms with Gasteiger partial charge in [0.25, 0.3) is 0 Å². The topological polar surface area (TPSA) is 55.1 Å². The van der Waals surface area contributed by atoms with E-state index in [1.807, 2.05) is 30.3 Å². The molecule has 3 nitrogen and oxygen atoms in total. The van der Waals surface area contributed by atoms with E-state index in [-0.39, 0.29) is 25.7 Å². The van der Waals surface area contributed by atoms with Crippen LogP contribution in [0.2, 0.25) is 0 Å². The van der Waals surface area contributed by atoms with Crippen LogP contribution in [0.4, 0.5) is 13.6 Å². The molecule has 1 aliphatic rings. The third-order valence-electron chi connectivity index (χ3n) is 3.71. The SMILES string of the molecule is NC(=O)NC1(Cc2ccccc2)CCC(F)(F)CC1. The average molecular weight is 268 g/mol. The van der Waals surface area contributed by atoms with Crippen LogP contribution in [-0.4, -0.2) is 17.5 Å². The molecular formula is C14H18F2N2O. The number of benzene rings is 1. The molecule has 0 aliphatic heterocycles. The number of halogens is 2. The van der Waals surface area contributed by atoms with E-state index in [0.29, 0.717) is 6.42 Å². The Morgan fingerprint density at radius 3 is 2.26 bits per heavy atom. The fourth-order valence-electron chi connectivity index (χ4n) is 2.69. The summed E-state index contributed by atoms with van der Waals surface area (Å²) >= 11 is 0. The predicted molar refractivity (Wildman–Crippen MR) is 69.0 cm³/mol. The second-order valence-electron chi connectivity index (χ2n) is 5.29. The zero-order valence-electron chi connectivity index (χ0n) is 10.7. The van der Waals surface area contributed by atoms with E-state index in [4.69, 9.17) is 5.73 Å². The summed E-state index contributed by atoms with van der Waals surface area (Å²) in [5, 5.41) is 2.69. The summed E-state index contributed by atoms with van der Waals surface area (Å²) in [4.78, 5) is 11.1. The lowest BCUT2D eigenvalue weighted by atomic mass is 9.76. The van der Waals surface area contributed by atoms with Crippen LogP contribution in [0.5, 0.6) is 0 Å². The number of hydrogen-bond acceptors (Lipinski definition) is 1. The highest BCUT2D eigenvalue weighted by Crippen LogP contribution is 2.40. The van der Waals surface area contributed by atoms with Crippen molar-refractivity contribution in [1.82, 2.24) is 5.32 Å². The van der Waals surface area contributed by atoms with Gasteiger partial charge in [-0.05, 0) is 24.8 Å². The third kappa shape index (κ3) is 3.66. The molecule has 0 aromatic heterocycles. The van der Waals surface area contributed by atoms with Gasteiger partial charge in [0.15, 0.2) is 0 Å². The van der Waals surface area contributed by atoms with Gasteiger partial charge in [0, 0.05) is 18.4 Å². The summed E-state index contributed by atoms with van der Waals surface area (Å²) in [5.74, 6) is -2.63. The molecule has 5 heteroatoms. The fraction of sp³-hybridized carbons (Fsp3) is 0.500. The number of nitrogens with one attached hydrogen (secondary N) is 1. The number of rotatable bonds is 3. The van der Waals surface area contributed by atoms with Gasteiger partial charge in [-0.25, -0.2) is 13.6 Å². The average Bonchev–Trinajstić information content (AvgIpc) is 2.34. The molecule has 1 aliphatic carbocycles. The van der Waals surface area contributed by atoms with Crippen LogP contribution in [-0.2, 0) is 6.42 Å². The quantitative estimate of drug-likeness (QED) is 0.870. The van der Waals surface area contributed by atoms with Gasteiger partial charge >= 0.3 is 6.03 Å². The molecule has 0 heterocycles. The largest absolute Gasteiger partial charge is 0.352 e. The molecule has 1 fully saturated rings. The zero-order chi connectivity index (χ0) is 13.9. The van der Waals surface area contributed by atoms with Crippen LogP contribution < -0.4 is 11.1 Å². The van der Waals surface area contributed by atoms with Crippen molar-refractivity contribution < 1.29 is 13.6 Å². The van der Waals surface area contributed by atoms with E-state index in [9.17, 15) is 13.6 Å². The van der Waals surface area contributed by atoms with Crippen LogP contribution in [0, 0.1) is 0 Å². The summed E-state index contributed by atoms with van der Waals surface area (Å²) < 4.78 is 26.6. The first-order valence-electron chi connectivity index (χ1n) is 6.40. The lowest BCUT2D eigenvalue weighted by Crippen LogP contribution is -2.55. The van der Waals surface area contributed by atoms with Gasteiger partial charge in [-0.2, -0.15) is 0 Å². The van der Waals surface area contributed by atoms with Gasteiger partial charge in [0.2, 0.25) is 5.92 Å². The smallest absolute Gasteiger partial charge is 0.312 e. The van der Waals surface area contributed by atoms with Crippen molar-refractivity contribution in [1.29, 1.82) is 0 Å². The molecule has 0 radical (unpaired) electrons. The van der Waals surface area contributed by atoms with Crippen LogP contribution in [0.1, 0.15) is 31.2 Å². The Labute approximate surface area is 111 Å². The van der Waals surface area contributed by atoms with Gasteiger partial charge in [-0.15, -0.1) is 0 Å². The maximum Gasteiger partial charge on any atom is 0.312 e. The summed E-state index contributed by atoms with van der Waals surface area (Å²) in [7, 11) is 0. The number of carbonyl (C=O) groups excluding carboxylic acids is 1. The van der Waals surface area contributed by atoms with Crippen LogP contribution >= 0.6 is 0 Å². The number of primary amides is 1. The minimum absolute atomic E-state index is 0.208. The Bertz CT molecular complexity index is 438. The lowest BCUT2D eigenvalue weighted by Gasteiger charge is -2.40. The number of hydrogen-bond donors (Lipinski definition) is 2. The van der Waals surface area contributed by atoms with Gasteiger partial charge in [-0.1, -0.05) is 30.3 Å². The Kier molecular flexibility index (Phi) is 3.73. The van der Waals surface area contributed by atoms with Crippen molar-refractivity contribution in [3.05, 3.63) is 35.9 Å². The van der Waals surface area contributed by atoms with Crippen molar-refractivity contribution in [2.75, 3.05) is 0 Å². The monoisotopic (exact) mass is 268 g/mol. The first kappa shape index (κ1) is 13.8. The Morgan fingerprint density at radius 2 is 1.74 bits per heavy atom. The third-order valence-corrected chi connectivity index (χ3v) is 3.71. The second kappa shape index (κ2) is 5.15. The van der Waals surface area contributed by atoms with Crippen molar-refractivity contribution in [3.8, 4) is 0 Å². The van der Waals surface area contributed by atoms with Crippen LogP contribution in [0.15, 0.2) is 30.3 Å². The van der Waals surface area contributed by atoms with Crippen molar-refractivity contribution in [2.45, 2.75) is 43.6 Å². The molecule has 0 atom stereocenters. The maximum atomic E-state index is 13.3. The maximum absolute atomic E-state index is 13.3. The molecular weight excluding hydrogens is 250 g/mol. The predicted octanol–water partition coefficient (Wildman–Crippen LogP) is 2.85. The van der Waals surface area contributed by atoms with E-state index in [1.165, 1.54) is 0 Å². The molecule has 1 aromatic rings. The number of alkyl halides is 2. The van der Waals surface area contributed by atoms with E-state index < -0.39 is 17.5 Å². The molecule has 2 amide bonds. The molecule has 104 valence electrons. The Hall–Kier alpha value is -1.65. The highest BCUT2D eigenvalue weighted by Gasteiger charge is 2.43. The molecule has 19 heavy (non-hydrogen) atoms. The molecule has 3 N–H and O–H groups in total. The Balaban J connectivity index is 2.14. The highest BCUT2D eigenvalue weighted by molar-refractivity contribution is 5.72. The van der Waals surface area contributed by atoms with E-state index in [0.717, 1.165) is 5.56 Å².